The van der Waals surface area contributed by atoms with E-state index in [1.54, 1.807) is 12.4 Å². The van der Waals surface area contributed by atoms with Gasteiger partial charge in [-0.3, -0.25) is 0 Å². The Morgan fingerprint density at radius 1 is 1.00 bits per heavy atom. The van der Waals surface area contributed by atoms with Crippen LogP contribution >= 0.6 is 11.3 Å². The number of halogens is 2. The molecule has 0 saturated carbocycles. The fourth-order valence-electron chi connectivity index (χ4n) is 2.70. The lowest BCUT2D eigenvalue weighted by Crippen LogP contribution is -2.17. The molecule has 0 aliphatic carbocycles. The molecular weight excluding hydrogens is 406 g/mol. The first-order chi connectivity index (χ1) is 14.3. The number of anilines is 2. The molecule has 0 atom stereocenters. The standard InChI is InChI=1S/C22H20F2N4OS/c1-22(2,3)12-29-20-25-10-14(11-26-20)13-4-6-16(7-5-13)27-21-28-19-17(24)8-15(23)9-18(19)30-21/h4-11H,12H2,1-3H3,(H,27,28). The zero-order valence-electron chi connectivity index (χ0n) is 16.7. The van der Waals surface area contributed by atoms with Crippen LogP contribution in [-0.2, 0) is 0 Å². The molecule has 0 radical (unpaired) electrons. The topological polar surface area (TPSA) is 59.9 Å². The minimum atomic E-state index is -0.667. The zero-order chi connectivity index (χ0) is 21.3. The fraction of sp³-hybridized carbons (Fsp3) is 0.227. The maximum Gasteiger partial charge on any atom is 0.316 e. The van der Waals surface area contributed by atoms with Gasteiger partial charge in [0.2, 0.25) is 0 Å². The molecule has 4 aromatic rings. The van der Waals surface area contributed by atoms with Crippen LogP contribution in [0.3, 0.4) is 0 Å². The van der Waals surface area contributed by atoms with Crippen LogP contribution in [-0.4, -0.2) is 21.6 Å². The van der Waals surface area contributed by atoms with Gasteiger partial charge in [-0.05, 0) is 29.2 Å². The molecular formula is C22H20F2N4OS. The molecule has 2 heterocycles. The van der Waals surface area contributed by atoms with Gasteiger partial charge in [-0.15, -0.1) is 0 Å². The molecule has 5 nitrogen and oxygen atoms in total. The van der Waals surface area contributed by atoms with Crippen molar-refractivity contribution in [1.29, 1.82) is 0 Å². The summed E-state index contributed by atoms with van der Waals surface area (Å²) < 4.78 is 33.2. The summed E-state index contributed by atoms with van der Waals surface area (Å²) in [5.41, 5.74) is 2.78. The second kappa shape index (κ2) is 7.95. The van der Waals surface area contributed by atoms with Gasteiger partial charge in [0.25, 0.3) is 0 Å². The monoisotopic (exact) mass is 426 g/mol. The van der Waals surface area contributed by atoms with Crippen LogP contribution < -0.4 is 10.1 Å². The van der Waals surface area contributed by atoms with Gasteiger partial charge in [-0.1, -0.05) is 44.2 Å². The summed E-state index contributed by atoms with van der Waals surface area (Å²) in [7, 11) is 0. The predicted molar refractivity (Wildman–Crippen MR) is 115 cm³/mol. The molecule has 154 valence electrons. The highest BCUT2D eigenvalue weighted by Crippen LogP contribution is 2.31. The Kier molecular flexibility index (Phi) is 5.34. The highest BCUT2D eigenvalue weighted by atomic mass is 32.1. The Balaban J connectivity index is 1.46. The van der Waals surface area contributed by atoms with Gasteiger partial charge in [-0.2, -0.15) is 0 Å². The highest BCUT2D eigenvalue weighted by Gasteiger charge is 2.13. The summed E-state index contributed by atoms with van der Waals surface area (Å²) in [5.74, 6) is -1.28. The number of benzene rings is 2. The normalized spacial score (nSPS) is 11.6. The van der Waals surface area contributed by atoms with E-state index in [0.29, 0.717) is 22.4 Å². The van der Waals surface area contributed by atoms with Crippen molar-refractivity contribution in [3.05, 3.63) is 60.4 Å². The van der Waals surface area contributed by atoms with E-state index in [1.165, 1.54) is 17.4 Å². The van der Waals surface area contributed by atoms with Crippen LogP contribution in [0.4, 0.5) is 19.6 Å². The van der Waals surface area contributed by atoms with Crippen LogP contribution in [0.5, 0.6) is 6.01 Å². The number of nitrogens with one attached hydrogen (secondary N) is 1. The summed E-state index contributed by atoms with van der Waals surface area (Å²) in [5, 5.41) is 3.62. The number of ether oxygens (including phenoxy) is 1. The maximum atomic E-state index is 13.8. The van der Waals surface area contributed by atoms with Crippen molar-refractivity contribution in [2.24, 2.45) is 5.41 Å². The number of thiazole rings is 1. The van der Waals surface area contributed by atoms with Crippen molar-refractivity contribution in [1.82, 2.24) is 15.0 Å². The first-order valence-electron chi connectivity index (χ1n) is 9.35. The van der Waals surface area contributed by atoms with Crippen LogP contribution in [0, 0.1) is 17.0 Å². The molecule has 0 spiro atoms. The first kappa shape index (κ1) is 20.2. The van der Waals surface area contributed by atoms with Crippen LogP contribution in [0.25, 0.3) is 21.3 Å². The van der Waals surface area contributed by atoms with Crippen molar-refractivity contribution in [3.8, 4) is 17.1 Å². The second-order valence-corrected chi connectivity index (χ2v) is 9.09. The number of fused-ring (bicyclic) bond motifs is 1. The fourth-order valence-corrected chi connectivity index (χ4v) is 3.63. The molecule has 0 amide bonds. The summed E-state index contributed by atoms with van der Waals surface area (Å²) in [4.78, 5) is 12.7. The number of aromatic nitrogens is 3. The van der Waals surface area contributed by atoms with Gasteiger partial charge >= 0.3 is 6.01 Å². The molecule has 4 rings (SSSR count). The molecule has 2 aromatic carbocycles. The SMILES string of the molecule is CC(C)(C)COc1ncc(-c2ccc(Nc3nc4c(F)cc(F)cc4s3)cc2)cn1. The van der Waals surface area contributed by atoms with Gasteiger partial charge in [0.1, 0.15) is 11.3 Å². The Labute approximate surface area is 176 Å². The largest absolute Gasteiger partial charge is 0.463 e. The van der Waals surface area contributed by atoms with Gasteiger partial charge in [0, 0.05) is 29.7 Å². The van der Waals surface area contributed by atoms with Crippen LogP contribution in [0.2, 0.25) is 0 Å². The number of rotatable bonds is 5. The van der Waals surface area contributed by atoms with Crippen molar-refractivity contribution in [3.63, 3.8) is 0 Å². The molecule has 0 bridgehead atoms. The minimum Gasteiger partial charge on any atom is -0.463 e. The molecule has 8 heteroatoms. The molecule has 0 saturated heterocycles. The number of hydrogen-bond donors (Lipinski definition) is 1. The van der Waals surface area contributed by atoms with E-state index in [-0.39, 0.29) is 10.9 Å². The Morgan fingerprint density at radius 3 is 2.37 bits per heavy atom. The van der Waals surface area contributed by atoms with E-state index in [4.69, 9.17) is 4.74 Å². The van der Waals surface area contributed by atoms with E-state index in [2.05, 4.69) is 41.0 Å². The van der Waals surface area contributed by atoms with Gasteiger partial charge in [0.15, 0.2) is 10.9 Å². The minimum absolute atomic E-state index is 0.0358. The van der Waals surface area contributed by atoms with Gasteiger partial charge < -0.3 is 10.1 Å². The van der Waals surface area contributed by atoms with Gasteiger partial charge in [-0.25, -0.2) is 23.7 Å². The van der Waals surface area contributed by atoms with Crippen molar-refractivity contribution >= 4 is 32.4 Å². The van der Waals surface area contributed by atoms with E-state index in [9.17, 15) is 8.78 Å². The molecule has 1 N–H and O–H groups in total. The molecule has 0 unspecified atom stereocenters. The second-order valence-electron chi connectivity index (χ2n) is 8.06. The Morgan fingerprint density at radius 2 is 1.70 bits per heavy atom. The van der Waals surface area contributed by atoms with Crippen molar-refractivity contribution < 1.29 is 13.5 Å². The van der Waals surface area contributed by atoms with Gasteiger partial charge in [0.05, 0.1) is 11.3 Å². The Hall–Kier alpha value is -3.13. The summed E-state index contributed by atoms with van der Waals surface area (Å²) in [6.07, 6.45) is 3.44. The smallest absolute Gasteiger partial charge is 0.316 e. The van der Waals surface area contributed by atoms with E-state index in [1.807, 2.05) is 24.3 Å². The third-order valence-corrected chi connectivity index (χ3v) is 5.06. The van der Waals surface area contributed by atoms with Crippen LogP contribution in [0.1, 0.15) is 20.8 Å². The average molecular weight is 426 g/mol. The molecule has 0 aliphatic heterocycles. The van der Waals surface area contributed by atoms with E-state index in [0.717, 1.165) is 22.9 Å². The maximum absolute atomic E-state index is 13.8. The lowest BCUT2D eigenvalue weighted by atomic mass is 9.99. The lowest BCUT2D eigenvalue weighted by molar-refractivity contribution is 0.184. The number of hydrogen-bond acceptors (Lipinski definition) is 6. The predicted octanol–water partition coefficient (Wildman–Crippen LogP) is 6.20. The first-order valence-corrected chi connectivity index (χ1v) is 10.2. The van der Waals surface area contributed by atoms with E-state index >= 15 is 0 Å². The lowest BCUT2D eigenvalue weighted by Gasteiger charge is -2.17. The highest BCUT2D eigenvalue weighted by molar-refractivity contribution is 7.22. The molecule has 30 heavy (non-hydrogen) atoms. The summed E-state index contributed by atoms with van der Waals surface area (Å²) in [6.45, 7) is 6.79. The van der Waals surface area contributed by atoms with Crippen molar-refractivity contribution in [2.45, 2.75) is 20.8 Å². The quantitative estimate of drug-likeness (QED) is 0.412. The zero-order valence-corrected chi connectivity index (χ0v) is 17.6. The third kappa shape index (κ3) is 4.71. The van der Waals surface area contributed by atoms with Crippen molar-refractivity contribution in [2.75, 3.05) is 11.9 Å². The molecule has 0 fully saturated rings. The number of nitrogens with zero attached hydrogens (tertiary/aromatic N) is 3. The Bertz CT molecular complexity index is 1170. The van der Waals surface area contributed by atoms with Crippen LogP contribution in [0.15, 0.2) is 48.8 Å². The summed E-state index contributed by atoms with van der Waals surface area (Å²) >= 11 is 1.19. The molecule has 0 aliphatic rings. The van der Waals surface area contributed by atoms with E-state index < -0.39 is 11.6 Å². The molecule has 2 aromatic heterocycles. The third-order valence-electron chi connectivity index (χ3n) is 4.15. The average Bonchev–Trinajstić information content (AvgIpc) is 3.09. The summed E-state index contributed by atoms with van der Waals surface area (Å²) in [6, 6.07) is 10.1.